The summed E-state index contributed by atoms with van der Waals surface area (Å²) < 4.78 is 11.1. The first-order valence-corrected chi connectivity index (χ1v) is 9.01. The van der Waals surface area contributed by atoms with Crippen LogP contribution in [0.4, 0.5) is 0 Å². The molecule has 1 aromatic rings. The van der Waals surface area contributed by atoms with Crippen molar-refractivity contribution in [1.29, 1.82) is 0 Å². The van der Waals surface area contributed by atoms with Crippen LogP contribution in [0.2, 0.25) is 0 Å². The second-order valence-electron chi connectivity index (χ2n) is 7.59. The van der Waals surface area contributed by atoms with Crippen LogP contribution in [0.5, 0.6) is 0 Å². The van der Waals surface area contributed by atoms with Crippen LogP contribution in [0.3, 0.4) is 0 Å². The molecule has 1 aromatic heterocycles. The second kappa shape index (κ2) is 7.40. The summed E-state index contributed by atoms with van der Waals surface area (Å²) in [5, 5.41) is 0. The molecule has 2 atom stereocenters. The molecule has 2 fully saturated rings. The molecule has 1 aliphatic heterocycles. The third-order valence-corrected chi connectivity index (χ3v) is 5.35. The maximum atomic E-state index is 11.9. The molecule has 1 amide bonds. The van der Waals surface area contributed by atoms with E-state index in [9.17, 15) is 4.79 Å². The molecule has 2 heterocycles. The van der Waals surface area contributed by atoms with Gasteiger partial charge < -0.3 is 20.1 Å². The fourth-order valence-electron chi connectivity index (χ4n) is 3.80. The van der Waals surface area contributed by atoms with Gasteiger partial charge in [-0.15, -0.1) is 0 Å². The van der Waals surface area contributed by atoms with Gasteiger partial charge >= 0.3 is 0 Å². The van der Waals surface area contributed by atoms with Crippen LogP contribution in [0.25, 0.3) is 0 Å². The molecule has 1 saturated carbocycles. The van der Waals surface area contributed by atoms with Crippen LogP contribution in [-0.4, -0.2) is 56.3 Å². The van der Waals surface area contributed by atoms with Crippen molar-refractivity contribution in [3.05, 3.63) is 29.1 Å². The topological polar surface area (TPSA) is 77.7 Å². The number of amides is 1. The molecular formula is C19H29N3O3. The van der Waals surface area contributed by atoms with E-state index in [1.807, 2.05) is 20.2 Å². The van der Waals surface area contributed by atoms with Gasteiger partial charge in [0.05, 0.1) is 29.5 Å². The van der Waals surface area contributed by atoms with Crippen molar-refractivity contribution in [2.45, 2.75) is 49.7 Å². The van der Waals surface area contributed by atoms with Gasteiger partial charge in [0.15, 0.2) is 0 Å². The van der Waals surface area contributed by atoms with Gasteiger partial charge in [-0.05, 0) is 57.3 Å². The number of nitrogens with two attached hydrogens (primary N) is 1. The fraction of sp³-hybridized carbons (Fsp3) is 0.684. The summed E-state index contributed by atoms with van der Waals surface area (Å²) in [6.07, 6.45) is 3.68. The zero-order valence-electron chi connectivity index (χ0n) is 15.5. The minimum atomic E-state index is -0.534. The van der Waals surface area contributed by atoms with Gasteiger partial charge in [-0.25, -0.2) is 0 Å². The van der Waals surface area contributed by atoms with Crippen LogP contribution in [0.1, 0.15) is 48.6 Å². The van der Waals surface area contributed by atoms with E-state index in [1.54, 1.807) is 7.11 Å². The van der Waals surface area contributed by atoms with E-state index in [-0.39, 0.29) is 12.0 Å². The zero-order chi connectivity index (χ0) is 18.0. The second-order valence-corrected chi connectivity index (χ2v) is 7.59. The van der Waals surface area contributed by atoms with E-state index in [2.05, 4.69) is 11.0 Å². The summed E-state index contributed by atoms with van der Waals surface area (Å²) in [6, 6.07) is 4.16. The van der Waals surface area contributed by atoms with Crippen molar-refractivity contribution in [2.24, 2.45) is 5.73 Å². The van der Waals surface area contributed by atoms with Crippen molar-refractivity contribution >= 4 is 5.91 Å². The van der Waals surface area contributed by atoms with Gasteiger partial charge in [-0.1, -0.05) is 6.07 Å². The Hall–Kier alpha value is -1.50. The Morgan fingerprint density at radius 3 is 2.80 bits per heavy atom. The van der Waals surface area contributed by atoms with Crippen LogP contribution in [0, 0.1) is 0 Å². The normalized spacial score (nSPS) is 25.1. The van der Waals surface area contributed by atoms with Gasteiger partial charge in [0.25, 0.3) is 0 Å². The molecule has 1 aliphatic carbocycles. The summed E-state index contributed by atoms with van der Waals surface area (Å²) in [5.41, 5.74) is 8.25. The summed E-state index contributed by atoms with van der Waals surface area (Å²) in [5.74, 6) is 0.156. The Balaban J connectivity index is 1.89. The van der Waals surface area contributed by atoms with E-state index in [1.165, 1.54) is 5.56 Å². The Kier molecular flexibility index (Phi) is 5.41. The minimum Gasteiger partial charge on any atom is -0.382 e. The van der Waals surface area contributed by atoms with E-state index in [4.69, 9.17) is 20.2 Å². The van der Waals surface area contributed by atoms with Crippen LogP contribution >= 0.6 is 0 Å². The molecule has 6 nitrogen and oxygen atoms in total. The number of hydrogen-bond donors (Lipinski definition) is 1. The summed E-state index contributed by atoms with van der Waals surface area (Å²) in [7, 11) is 5.79. The Morgan fingerprint density at radius 2 is 2.20 bits per heavy atom. The fourth-order valence-corrected chi connectivity index (χ4v) is 3.80. The average Bonchev–Trinajstić information content (AvgIpc) is 3.37. The van der Waals surface area contributed by atoms with E-state index < -0.39 is 5.41 Å². The van der Waals surface area contributed by atoms with E-state index in [0.717, 1.165) is 50.2 Å². The lowest BCUT2D eigenvalue weighted by Gasteiger charge is -2.31. The largest absolute Gasteiger partial charge is 0.382 e. The van der Waals surface area contributed by atoms with E-state index >= 15 is 0 Å². The number of carbonyl (C=O) groups is 1. The zero-order valence-corrected chi connectivity index (χ0v) is 15.5. The van der Waals surface area contributed by atoms with Gasteiger partial charge in [0, 0.05) is 20.3 Å². The highest BCUT2D eigenvalue weighted by atomic mass is 16.5. The highest BCUT2D eigenvalue weighted by Crippen LogP contribution is 2.47. The first-order valence-electron chi connectivity index (χ1n) is 9.01. The lowest BCUT2D eigenvalue weighted by Crippen LogP contribution is -2.31. The molecule has 0 radical (unpaired) electrons. The molecule has 1 saturated heterocycles. The lowest BCUT2D eigenvalue weighted by atomic mass is 9.86. The number of aromatic nitrogens is 1. The predicted octanol–water partition coefficient (Wildman–Crippen LogP) is 1.57. The monoisotopic (exact) mass is 347 g/mol. The van der Waals surface area contributed by atoms with Crippen LogP contribution in [0.15, 0.2) is 12.1 Å². The number of methoxy groups -OCH3 is 1. The molecule has 0 aromatic carbocycles. The number of nitrogens with zero attached hydrogens (tertiary/aromatic N) is 2. The quantitative estimate of drug-likeness (QED) is 0.810. The first kappa shape index (κ1) is 18.3. The molecule has 2 N–H and O–H groups in total. The number of carbonyl (C=O) groups excluding carboxylic acids is 1. The molecule has 0 spiro atoms. The minimum absolute atomic E-state index is 0.135. The van der Waals surface area contributed by atoms with Gasteiger partial charge in [0.1, 0.15) is 0 Å². The third kappa shape index (κ3) is 3.86. The Labute approximate surface area is 149 Å². The lowest BCUT2D eigenvalue weighted by molar-refractivity contribution is -0.120. The summed E-state index contributed by atoms with van der Waals surface area (Å²) >= 11 is 0. The van der Waals surface area contributed by atoms with Crippen molar-refractivity contribution in [3.8, 4) is 0 Å². The maximum Gasteiger partial charge on any atom is 0.229 e. The smallest absolute Gasteiger partial charge is 0.229 e. The number of rotatable bonds is 7. The summed E-state index contributed by atoms with van der Waals surface area (Å²) in [6.45, 7) is 2.12. The van der Waals surface area contributed by atoms with Crippen LogP contribution < -0.4 is 5.73 Å². The molecule has 0 bridgehead atoms. The van der Waals surface area contributed by atoms with Crippen molar-refractivity contribution in [2.75, 3.05) is 34.4 Å². The predicted molar refractivity (Wildman–Crippen MR) is 95.3 cm³/mol. The Morgan fingerprint density at radius 1 is 1.44 bits per heavy atom. The van der Waals surface area contributed by atoms with Crippen molar-refractivity contribution < 1.29 is 14.3 Å². The molecular weight excluding hydrogens is 318 g/mol. The molecule has 6 heteroatoms. The Bertz CT molecular complexity index is 626. The van der Waals surface area contributed by atoms with E-state index in [0.29, 0.717) is 12.5 Å². The maximum absolute atomic E-state index is 11.9. The van der Waals surface area contributed by atoms with Crippen molar-refractivity contribution in [1.82, 2.24) is 9.88 Å². The molecule has 138 valence electrons. The average molecular weight is 347 g/mol. The standard InChI is InChI=1S/C19H29N3O3/c1-22(2)11-16-15(13-6-9-25-14(10-13)12-24-3)4-5-17(21-16)19(7-8-19)18(20)23/h4-5,13-14H,6-12H2,1-3H3,(H2,20,23). The SMILES string of the molecule is COCC1CC(c2ccc(C3(C(N)=O)CC3)nc2CN(C)C)CCO1. The van der Waals surface area contributed by atoms with Crippen LogP contribution in [-0.2, 0) is 26.2 Å². The number of pyridine rings is 1. The highest BCUT2D eigenvalue weighted by molar-refractivity contribution is 5.89. The molecule has 2 aliphatic rings. The van der Waals surface area contributed by atoms with Gasteiger partial charge in [0.2, 0.25) is 5.91 Å². The number of primary amides is 1. The van der Waals surface area contributed by atoms with Crippen molar-refractivity contribution in [3.63, 3.8) is 0 Å². The highest BCUT2D eigenvalue weighted by Gasteiger charge is 2.51. The molecule has 3 rings (SSSR count). The van der Waals surface area contributed by atoms with Gasteiger partial charge in [-0.3, -0.25) is 9.78 Å². The molecule has 2 unspecified atom stereocenters. The molecule has 25 heavy (non-hydrogen) atoms. The van der Waals surface area contributed by atoms with Gasteiger partial charge in [-0.2, -0.15) is 0 Å². The first-order chi connectivity index (χ1) is 12.0. The third-order valence-electron chi connectivity index (χ3n) is 5.35. The number of hydrogen-bond acceptors (Lipinski definition) is 5. The number of ether oxygens (including phenoxy) is 2. The summed E-state index contributed by atoms with van der Waals surface area (Å²) in [4.78, 5) is 18.9.